The molecule has 2 aliphatic rings. The van der Waals surface area contributed by atoms with Crippen LogP contribution in [0.1, 0.15) is 35.1 Å². The summed E-state index contributed by atoms with van der Waals surface area (Å²) in [6.07, 6.45) is 2.92. The molecule has 29 heavy (non-hydrogen) atoms. The molecule has 2 saturated heterocycles. The zero-order valence-corrected chi connectivity index (χ0v) is 17.0. The summed E-state index contributed by atoms with van der Waals surface area (Å²) in [5.41, 5.74) is 7.78. The number of hydrogen-bond acceptors (Lipinski definition) is 4. The molecule has 2 atom stereocenters. The molecule has 0 radical (unpaired) electrons. The molecule has 2 aliphatic heterocycles. The van der Waals surface area contributed by atoms with E-state index in [1.165, 1.54) is 5.56 Å². The molecule has 1 aromatic heterocycles. The molecule has 3 heterocycles. The molecule has 0 aliphatic carbocycles. The molecule has 0 bridgehead atoms. The Hall–Kier alpha value is -2.67. The van der Waals surface area contributed by atoms with Crippen LogP contribution in [0.2, 0.25) is 0 Å². The Kier molecular flexibility index (Phi) is 5.67. The Morgan fingerprint density at radius 1 is 1.10 bits per heavy atom. The van der Waals surface area contributed by atoms with Gasteiger partial charge in [0.15, 0.2) is 0 Å². The first-order valence-electron chi connectivity index (χ1n) is 10.5. The molecule has 2 fully saturated rings. The van der Waals surface area contributed by atoms with Gasteiger partial charge in [0, 0.05) is 26.2 Å². The summed E-state index contributed by atoms with van der Waals surface area (Å²) in [5, 5.41) is 4.15. The number of carbonyl (C=O) groups excluding carboxylic acids is 2. The van der Waals surface area contributed by atoms with Gasteiger partial charge in [-0.25, -0.2) is 4.79 Å². The minimum absolute atomic E-state index is 0.138. The lowest BCUT2D eigenvalue weighted by Gasteiger charge is -2.21. The van der Waals surface area contributed by atoms with Crippen LogP contribution in [0.25, 0.3) is 0 Å². The molecule has 4 rings (SSSR count). The zero-order valence-electron chi connectivity index (χ0n) is 17.0. The fourth-order valence-corrected chi connectivity index (χ4v) is 4.68. The van der Waals surface area contributed by atoms with Crippen molar-refractivity contribution in [1.29, 1.82) is 0 Å². The van der Waals surface area contributed by atoms with Crippen LogP contribution in [0.5, 0.6) is 0 Å². The zero-order chi connectivity index (χ0) is 20.4. The average Bonchev–Trinajstić information content (AvgIpc) is 3.41. The summed E-state index contributed by atoms with van der Waals surface area (Å²) >= 11 is 0. The smallest absolute Gasteiger partial charge is 0.340 e. The second-order valence-electron chi connectivity index (χ2n) is 8.20. The fourth-order valence-electron chi connectivity index (χ4n) is 4.68. The van der Waals surface area contributed by atoms with Gasteiger partial charge in [0.1, 0.15) is 5.69 Å². The number of nitrogens with two attached hydrogens (primary N) is 1. The van der Waals surface area contributed by atoms with Crippen molar-refractivity contribution in [2.75, 3.05) is 32.7 Å². The van der Waals surface area contributed by atoms with Crippen molar-refractivity contribution < 1.29 is 9.59 Å². The maximum Gasteiger partial charge on any atom is 0.340 e. The van der Waals surface area contributed by atoms with Crippen molar-refractivity contribution in [1.82, 2.24) is 19.6 Å². The van der Waals surface area contributed by atoms with E-state index in [0.717, 1.165) is 50.2 Å². The largest absolute Gasteiger partial charge is 0.350 e. The minimum Gasteiger partial charge on any atom is -0.350 e. The van der Waals surface area contributed by atoms with Gasteiger partial charge in [-0.05, 0) is 49.3 Å². The van der Waals surface area contributed by atoms with E-state index in [1.807, 2.05) is 11.8 Å². The van der Waals surface area contributed by atoms with Crippen LogP contribution in [-0.2, 0) is 12.8 Å². The van der Waals surface area contributed by atoms with Crippen LogP contribution < -0.4 is 5.73 Å². The van der Waals surface area contributed by atoms with E-state index in [2.05, 4.69) is 40.3 Å². The molecule has 7 heteroatoms. The predicted molar refractivity (Wildman–Crippen MR) is 111 cm³/mol. The number of benzene rings is 1. The van der Waals surface area contributed by atoms with Gasteiger partial charge in [0.05, 0.1) is 5.69 Å². The van der Waals surface area contributed by atoms with Gasteiger partial charge in [-0.1, -0.05) is 37.3 Å². The first-order chi connectivity index (χ1) is 14.0. The van der Waals surface area contributed by atoms with E-state index >= 15 is 0 Å². The lowest BCUT2D eigenvalue weighted by Crippen LogP contribution is -2.36. The molecule has 0 spiro atoms. The lowest BCUT2D eigenvalue weighted by molar-refractivity contribution is 0.0763. The quantitative estimate of drug-likeness (QED) is 0.811. The van der Waals surface area contributed by atoms with E-state index in [9.17, 15) is 9.59 Å². The van der Waals surface area contributed by atoms with E-state index in [1.54, 1.807) is 6.07 Å². The molecular weight excluding hydrogens is 366 g/mol. The third kappa shape index (κ3) is 4.19. The van der Waals surface area contributed by atoms with Crippen LogP contribution in [0.4, 0.5) is 4.79 Å². The van der Waals surface area contributed by atoms with Gasteiger partial charge >= 0.3 is 6.03 Å². The average molecular weight is 396 g/mol. The molecule has 1 unspecified atom stereocenters. The third-order valence-electron chi connectivity index (χ3n) is 6.18. The summed E-state index contributed by atoms with van der Waals surface area (Å²) in [7, 11) is 0. The molecular formula is C22H29N5O2. The second kappa shape index (κ2) is 8.37. The van der Waals surface area contributed by atoms with E-state index in [-0.39, 0.29) is 11.6 Å². The number of likely N-dealkylation sites (tertiary alicyclic amines) is 2. The lowest BCUT2D eigenvalue weighted by atomic mass is 10.0. The number of nitrogens with zero attached hydrogens (tertiary/aromatic N) is 4. The van der Waals surface area contributed by atoms with Crippen LogP contribution in [0, 0.1) is 11.8 Å². The highest BCUT2D eigenvalue weighted by Crippen LogP contribution is 2.32. The number of aryl methyl sites for hydroxylation is 2. The number of amides is 2. The molecule has 2 amide bonds. The number of carbonyl (C=O) groups is 2. The molecule has 7 nitrogen and oxygen atoms in total. The molecule has 2 aromatic rings. The number of aromatic nitrogens is 2. The van der Waals surface area contributed by atoms with E-state index < -0.39 is 6.03 Å². The van der Waals surface area contributed by atoms with Crippen molar-refractivity contribution in [2.45, 2.75) is 26.2 Å². The van der Waals surface area contributed by atoms with Gasteiger partial charge in [-0.15, -0.1) is 0 Å². The Morgan fingerprint density at radius 3 is 2.41 bits per heavy atom. The highest BCUT2D eigenvalue weighted by molar-refractivity contribution is 5.96. The summed E-state index contributed by atoms with van der Waals surface area (Å²) in [6.45, 7) is 6.60. The highest BCUT2D eigenvalue weighted by Gasteiger charge is 2.42. The topological polar surface area (TPSA) is 84.5 Å². The van der Waals surface area contributed by atoms with Crippen molar-refractivity contribution in [3.63, 3.8) is 0 Å². The molecule has 154 valence electrons. The number of primary amides is 1. The SMILES string of the molecule is CCc1cc(C(=O)N2CC3CN(CCCc4ccccc4)C[C@H]3C2)n(C(N)=O)n1. The highest BCUT2D eigenvalue weighted by atomic mass is 16.2. The molecule has 2 N–H and O–H groups in total. The van der Waals surface area contributed by atoms with Crippen LogP contribution in [-0.4, -0.2) is 64.2 Å². The first kappa shape index (κ1) is 19.6. The minimum atomic E-state index is -0.711. The first-order valence-corrected chi connectivity index (χ1v) is 10.5. The Bertz CT molecular complexity index is 865. The van der Waals surface area contributed by atoms with Crippen LogP contribution >= 0.6 is 0 Å². The van der Waals surface area contributed by atoms with Crippen LogP contribution in [0.3, 0.4) is 0 Å². The number of fused-ring (bicyclic) bond motifs is 1. The summed E-state index contributed by atoms with van der Waals surface area (Å²) in [6, 6.07) is 11.6. The molecule has 0 saturated carbocycles. The van der Waals surface area contributed by atoms with Crippen molar-refractivity contribution in [3.05, 3.63) is 53.3 Å². The standard InChI is InChI=1S/C22H29N5O2/c1-2-19-11-20(27(24-19)22(23)29)21(28)26-14-17-12-25(13-18(17)15-26)10-6-9-16-7-4-3-5-8-16/h3-5,7-8,11,17-18H,2,6,9-10,12-15H2,1H3,(H2,23,29)/t17-,18?/m0/s1. The predicted octanol–water partition coefficient (Wildman–Crippen LogP) is 2.01. The van der Waals surface area contributed by atoms with Gasteiger partial charge in [0.2, 0.25) is 0 Å². The molecule has 1 aromatic carbocycles. The normalized spacial score (nSPS) is 21.5. The van der Waals surface area contributed by atoms with Crippen molar-refractivity contribution in [3.8, 4) is 0 Å². The summed E-state index contributed by atoms with van der Waals surface area (Å²) in [4.78, 5) is 29.0. The van der Waals surface area contributed by atoms with Gasteiger partial charge in [0.25, 0.3) is 5.91 Å². The van der Waals surface area contributed by atoms with Crippen LogP contribution in [0.15, 0.2) is 36.4 Å². The van der Waals surface area contributed by atoms with Gasteiger partial charge < -0.3 is 15.5 Å². The van der Waals surface area contributed by atoms with Gasteiger partial charge in [-0.2, -0.15) is 9.78 Å². The summed E-state index contributed by atoms with van der Waals surface area (Å²) in [5.74, 6) is 0.874. The van der Waals surface area contributed by atoms with Crippen molar-refractivity contribution >= 4 is 11.9 Å². The second-order valence-corrected chi connectivity index (χ2v) is 8.20. The fraction of sp³-hybridized carbons (Fsp3) is 0.500. The maximum atomic E-state index is 13.0. The van der Waals surface area contributed by atoms with Gasteiger partial charge in [-0.3, -0.25) is 4.79 Å². The monoisotopic (exact) mass is 395 g/mol. The number of rotatable bonds is 6. The summed E-state index contributed by atoms with van der Waals surface area (Å²) < 4.78 is 1.05. The third-order valence-corrected chi connectivity index (χ3v) is 6.18. The van der Waals surface area contributed by atoms with Crippen molar-refractivity contribution in [2.24, 2.45) is 17.6 Å². The van der Waals surface area contributed by atoms with E-state index in [4.69, 9.17) is 5.73 Å². The van der Waals surface area contributed by atoms with E-state index in [0.29, 0.717) is 24.0 Å². The maximum absolute atomic E-state index is 13.0. The Balaban J connectivity index is 1.30. The Morgan fingerprint density at radius 2 is 1.79 bits per heavy atom. The Labute approximate surface area is 171 Å². The number of hydrogen-bond donors (Lipinski definition) is 1.